The molecule has 114 valence electrons. The van der Waals surface area contributed by atoms with Crippen molar-refractivity contribution in [3.05, 3.63) is 23.2 Å². The molecule has 2 atom stereocenters. The van der Waals surface area contributed by atoms with Gasteiger partial charge in [0.25, 0.3) is 0 Å². The fourth-order valence-electron chi connectivity index (χ4n) is 4.08. The minimum absolute atomic E-state index is 0.0479. The Morgan fingerprint density at radius 2 is 2.14 bits per heavy atom. The lowest BCUT2D eigenvalue weighted by atomic mass is 9.55. The number of hydrogen-bond donors (Lipinski definition) is 0. The van der Waals surface area contributed by atoms with Crippen molar-refractivity contribution in [1.29, 1.82) is 0 Å². The first-order chi connectivity index (χ1) is 9.76. The van der Waals surface area contributed by atoms with Gasteiger partial charge in [-0.05, 0) is 24.2 Å². The number of fused-ring (bicyclic) bond motifs is 1. The molecule has 0 aromatic heterocycles. The summed E-state index contributed by atoms with van der Waals surface area (Å²) in [4.78, 5) is 29.9. The summed E-state index contributed by atoms with van der Waals surface area (Å²) in [6.45, 7) is 16.6. The molecule has 1 aliphatic heterocycles. The van der Waals surface area contributed by atoms with Gasteiger partial charge < -0.3 is 9.69 Å². The first-order valence-electron chi connectivity index (χ1n) is 7.69. The smallest absolute Gasteiger partial charge is 0.226 e. The number of amides is 1. The van der Waals surface area contributed by atoms with Gasteiger partial charge in [-0.25, -0.2) is 4.85 Å². The highest BCUT2D eigenvalue weighted by Crippen LogP contribution is 2.52. The predicted octanol–water partition coefficient (Wildman–Crippen LogP) is 3.05. The van der Waals surface area contributed by atoms with E-state index in [0.29, 0.717) is 13.0 Å². The summed E-state index contributed by atoms with van der Waals surface area (Å²) in [5.74, 6) is 0.326. The highest BCUT2D eigenvalue weighted by molar-refractivity contribution is 6.02. The van der Waals surface area contributed by atoms with Crippen molar-refractivity contribution in [3.63, 3.8) is 0 Å². The van der Waals surface area contributed by atoms with Crippen LogP contribution in [0.5, 0.6) is 0 Å². The number of allylic oxidation sites excluding steroid dienone is 1. The van der Waals surface area contributed by atoms with Gasteiger partial charge in [0.2, 0.25) is 11.6 Å². The molecule has 0 spiro atoms. The van der Waals surface area contributed by atoms with Crippen LogP contribution < -0.4 is 0 Å². The molecule has 21 heavy (non-hydrogen) atoms. The average molecular weight is 288 g/mol. The summed E-state index contributed by atoms with van der Waals surface area (Å²) in [7, 11) is 0. The van der Waals surface area contributed by atoms with Crippen LogP contribution in [-0.2, 0) is 9.59 Å². The van der Waals surface area contributed by atoms with Crippen molar-refractivity contribution < 1.29 is 9.59 Å². The Bertz CT molecular complexity index is 541. The quantitative estimate of drug-likeness (QED) is 0.733. The Balaban J connectivity index is 2.36. The maximum Gasteiger partial charge on any atom is 0.226 e. The van der Waals surface area contributed by atoms with Crippen LogP contribution in [0.1, 0.15) is 47.0 Å². The molecule has 0 radical (unpaired) electrons. The van der Waals surface area contributed by atoms with Gasteiger partial charge >= 0.3 is 0 Å². The number of piperidine rings is 1. The molecule has 1 fully saturated rings. The maximum atomic E-state index is 12.4. The van der Waals surface area contributed by atoms with Crippen molar-refractivity contribution in [2.75, 3.05) is 13.1 Å². The number of likely N-dealkylation sites (tertiary alicyclic amines) is 1. The van der Waals surface area contributed by atoms with E-state index in [0.717, 1.165) is 19.4 Å². The van der Waals surface area contributed by atoms with E-state index in [-0.39, 0.29) is 28.7 Å². The van der Waals surface area contributed by atoms with E-state index in [9.17, 15) is 9.59 Å². The molecule has 4 nitrogen and oxygen atoms in total. The second-order valence-electron chi connectivity index (χ2n) is 7.10. The van der Waals surface area contributed by atoms with Gasteiger partial charge in [0, 0.05) is 24.9 Å². The standard InChI is InChI=1S/C17H24N2O2/c1-6-7-14(20)19-9-8-13-16(2,3)15(21)12(18-5)10-17(13,4)11-19/h10,13H,6-9,11H2,1-4H3/t13-,17+/m1/s1. The number of rotatable bonds is 2. The molecule has 1 aliphatic carbocycles. The van der Waals surface area contributed by atoms with Gasteiger partial charge in [-0.1, -0.05) is 33.8 Å². The third kappa shape index (κ3) is 2.50. The van der Waals surface area contributed by atoms with Crippen molar-refractivity contribution in [1.82, 2.24) is 4.90 Å². The third-order valence-corrected chi connectivity index (χ3v) is 5.11. The molecule has 0 aromatic rings. The zero-order chi connectivity index (χ0) is 15.8. The van der Waals surface area contributed by atoms with Crippen molar-refractivity contribution in [2.45, 2.75) is 47.0 Å². The van der Waals surface area contributed by atoms with Crippen LogP contribution in [0.3, 0.4) is 0 Å². The first kappa shape index (κ1) is 15.8. The summed E-state index contributed by atoms with van der Waals surface area (Å²) in [6, 6.07) is 0. The Morgan fingerprint density at radius 3 is 2.71 bits per heavy atom. The van der Waals surface area contributed by atoms with E-state index in [4.69, 9.17) is 6.57 Å². The SMILES string of the molecule is [C-]#[N+]C1=C[C@@]2(C)CN(C(=O)CCC)CC[C@@H]2C(C)(C)C1=O. The Kier molecular flexibility index (Phi) is 3.97. The number of hydrogen-bond acceptors (Lipinski definition) is 2. The molecular weight excluding hydrogens is 264 g/mol. The topological polar surface area (TPSA) is 41.7 Å². The molecule has 1 saturated heterocycles. The summed E-state index contributed by atoms with van der Waals surface area (Å²) in [5, 5.41) is 0. The largest absolute Gasteiger partial charge is 0.342 e. The highest BCUT2D eigenvalue weighted by atomic mass is 16.2. The summed E-state index contributed by atoms with van der Waals surface area (Å²) in [6.07, 6.45) is 4.07. The van der Waals surface area contributed by atoms with Crippen LogP contribution in [0.2, 0.25) is 0 Å². The summed E-state index contributed by atoms with van der Waals surface area (Å²) < 4.78 is 0. The van der Waals surface area contributed by atoms with E-state index in [1.54, 1.807) is 0 Å². The monoisotopic (exact) mass is 288 g/mol. The second kappa shape index (κ2) is 5.29. The molecule has 0 N–H and O–H groups in total. The molecule has 2 rings (SSSR count). The van der Waals surface area contributed by atoms with E-state index < -0.39 is 5.41 Å². The fraction of sp³-hybridized carbons (Fsp3) is 0.706. The van der Waals surface area contributed by atoms with Crippen LogP contribution in [-0.4, -0.2) is 29.7 Å². The van der Waals surface area contributed by atoms with Gasteiger partial charge in [-0.2, -0.15) is 0 Å². The van der Waals surface area contributed by atoms with Crippen molar-refractivity contribution in [2.24, 2.45) is 16.7 Å². The molecule has 2 aliphatic rings. The van der Waals surface area contributed by atoms with E-state index in [2.05, 4.69) is 11.8 Å². The molecule has 1 heterocycles. The zero-order valence-corrected chi connectivity index (χ0v) is 13.4. The van der Waals surface area contributed by atoms with Gasteiger partial charge in [0.15, 0.2) is 5.78 Å². The van der Waals surface area contributed by atoms with Crippen LogP contribution in [0.25, 0.3) is 4.85 Å². The van der Waals surface area contributed by atoms with Gasteiger partial charge in [0.05, 0.1) is 6.57 Å². The normalized spacial score (nSPS) is 31.2. The number of carbonyl (C=O) groups is 2. The number of nitrogens with zero attached hydrogens (tertiary/aromatic N) is 2. The van der Waals surface area contributed by atoms with E-state index in [1.807, 2.05) is 31.7 Å². The maximum absolute atomic E-state index is 12.4. The molecule has 0 saturated carbocycles. The van der Waals surface area contributed by atoms with E-state index in [1.165, 1.54) is 0 Å². The second-order valence-corrected chi connectivity index (χ2v) is 7.10. The minimum Gasteiger partial charge on any atom is -0.342 e. The molecule has 0 unspecified atom stereocenters. The Morgan fingerprint density at radius 1 is 1.48 bits per heavy atom. The Labute approximate surface area is 127 Å². The number of ketones is 1. The lowest BCUT2D eigenvalue weighted by Crippen LogP contribution is -2.56. The molecule has 4 heteroatoms. The molecule has 0 bridgehead atoms. The van der Waals surface area contributed by atoms with Crippen LogP contribution in [0.4, 0.5) is 0 Å². The van der Waals surface area contributed by atoms with E-state index >= 15 is 0 Å². The van der Waals surface area contributed by atoms with Crippen LogP contribution >= 0.6 is 0 Å². The van der Waals surface area contributed by atoms with Gasteiger partial charge in [-0.15, -0.1) is 0 Å². The lowest BCUT2D eigenvalue weighted by molar-refractivity contribution is -0.140. The molecule has 1 amide bonds. The van der Waals surface area contributed by atoms with Crippen LogP contribution in [0, 0.1) is 23.3 Å². The van der Waals surface area contributed by atoms with Crippen molar-refractivity contribution >= 4 is 11.7 Å². The lowest BCUT2D eigenvalue weighted by Gasteiger charge is -2.53. The molecular formula is C17H24N2O2. The van der Waals surface area contributed by atoms with Gasteiger partial charge in [-0.3, -0.25) is 4.79 Å². The van der Waals surface area contributed by atoms with Crippen molar-refractivity contribution in [3.8, 4) is 0 Å². The Hall–Kier alpha value is -1.63. The number of carbonyl (C=O) groups excluding carboxylic acids is 2. The molecule has 0 aromatic carbocycles. The average Bonchev–Trinajstić information content (AvgIpc) is 2.42. The van der Waals surface area contributed by atoms with Crippen LogP contribution in [0.15, 0.2) is 11.8 Å². The summed E-state index contributed by atoms with van der Waals surface area (Å²) >= 11 is 0. The van der Waals surface area contributed by atoms with Gasteiger partial charge in [0.1, 0.15) is 0 Å². The number of Topliss-reactive ketones (excluding diaryl/α,β-unsaturated/α-hetero) is 1. The minimum atomic E-state index is -0.525. The third-order valence-electron chi connectivity index (χ3n) is 5.11. The fourth-order valence-corrected chi connectivity index (χ4v) is 4.08. The predicted molar refractivity (Wildman–Crippen MR) is 81.2 cm³/mol. The highest BCUT2D eigenvalue weighted by Gasteiger charge is 2.53. The summed E-state index contributed by atoms with van der Waals surface area (Å²) in [5.41, 5.74) is -0.564. The zero-order valence-electron chi connectivity index (χ0n) is 13.4. The first-order valence-corrected chi connectivity index (χ1v) is 7.69.